The molecular weight excluding hydrogens is 286 g/mol. The van der Waals surface area contributed by atoms with Crippen LogP contribution in [-0.2, 0) is 10.0 Å². The minimum absolute atomic E-state index is 0.0750. The van der Waals surface area contributed by atoms with Gasteiger partial charge in [-0.1, -0.05) is 38.8 Å². The standard InChI is InChI=1S/C16H25NO3S/c1-12(2)6-5-7-13(3)17-21(19,20)16-10-8-15(9-11-16)14(4)18/h8-13,17H,5-7H2,1-4H3/t13-/m1/s1. The molecular formula is C16H25NO3S. The van der Waals surface area contributed by atoms with Gasteiger partial charge < -0.3 is 0 Å². The molecule has 1 rings (SSSR count). The number of benzene rings is 1. The van der Waals surface area contributed by atoms with Crippen molar-refractivity contribution in [3.05, 3.63) is 29.8 Å². The average molecular weight is 311 g/mol. The van der Waals surface area contributed by atoms with Crippen LogP contribution in [0.25, 0.3) is 0 Å². The van der Waals surface area contributed by atoms with E-state index >= 15 is 0 Å². The quantitative estimate of drug-likeness (QED) is 0.749. The van der Waals surface area contributed by atoms with Gasteiger partial charge in [-0.05, 0) is 38.3 Å². The van der Waals surface area contributed by atoms with Crippen molar-refractivity contribution in [2.24, 2.45) is 5.92 Å². The summed E-state index contributed by atoms with van der Waals surface area (Å²) in [6, 6.07) is 5.93. The van der Waals surface area contributed by atoms with Crippen molar-refractivity contribution >= 4 is 15.8 Å². The Hall–Kier alpha value is -1.20. The van der Waals surface area contributed by atoms with Gasteiger partial charge in [0.05, 0.1) is 4.90 Å². The van der Waals surface area contributed by atoms with Crippen LogP contribution in [0.15, 0.2) is 29.2 Å². The summed E-state index contributed by atoms with van der Waals surface area (Å²) in [6.45, 7) is 7.65. The fourth-order valence-electron chi connectivity index (χ4n) is 2.09. The van der Waals surface area contributed by atoms with Crippen LogP contribution in [0.4, 0.5) is 0 Å². The maximum atomic E-state index is 12.2. The Morgan fingerprint density at radius 1 is 1.10 bits per heavy atom. The van der Waals surface area contributed by atoms with Gasteiger partial charge in [-0.15, -0.1) is 0 Å². The van der Waals surface area contributed by atoms with E-state index in [9.17, 15) is 13.2 Å². The highest BCUT2D eigenvalue weighted by molar-refractivity contribution is 7.89. The number of hydrogen-bond donors (Lipinski definition) is 1. The summed E-state index contributed by atoms with van der Waals surface area (Å²) in [7, 11) is -3.51. The lowest BCUT2D eigenvalue weighted by Gasteiger charge is -2.15. The number of carbonyl (C=O) groups is 1. The molecule has 0 radical (unpaired) electrons. The molecule has 0 aliphatic heterocycles. The largest absolute Gasteiger partial charge is 0.295 e. The lowest BCUT2D eigenvalue weighted by molar-refractivity contribution is 0.101. The van der Waals surface area contributed by atoms with Crippen LogP contribution in [0, 0.1) is 5.92 Å². The molecule has 0 fully saturated rings. The predicted octanol–water partition coefficient (Wildman–Crippen LogP) is 3.38. The minimum atomic E-state index is -3.51. The Balaban J connectivity index is 2.66. The van der Waals surface area contributed by atoms with Gasteiger partial charge in [0.25, 0.3) is 0 Å². The molecule has 0 amide bonds. The van der Waals surface area contributed by atoms with E-state index in [4.69, 9.17) is 0 Å². The Morgan fingerprint density at radius 3 is 2.14 bits per heavy atom. The molecule has 0 bridgehead atoms. The lowest BCUT2D eigenvalue weighted by atomic mass is 10.0. The van der Waals surface area contributed by atoms with Gasteiger partial charge in [0.2, 0.25) is 10.0 Å². The van der Waals surface area contributed by atoms with Crippen LogP contribution in [0.3, 0.4) is 0 Å². The number of carbonyl (C=O) groups excluding carboxylic acids is 1. The maximum Gasteiger partial charge on any atom is 0.240 e. The molecule has 0 saturated heterocycles. The fourth-order valence-corrected chi connectivity index (χ4v) is 3.37. The summed E-state index contributed by atoms with van der Waals surface area (Å²) in [6.07, 6.45) is 2.92. The van der Waals surface area contributed by atoms with Crippen molar-refractivity contribution in [2.75, 3.05) is 0 Å². The van der Waals surface area contributed by atoms with Gasteiger partial charge in [-0.3, -0.25) is 4.79 Å². The summed E-state index contributed by atoms with van der Waals surface area (Å²) in [5, 5.41) is 0. The molecule has 0 spiro atoms. The van der Waals surface area contributed by atoms with Crippen molar-refractivity contribution < 1.29 is 13.2 Å². The van der Waals surface area contributed by atoms with Crippen LogP contribution >= 0.6 is 0 Å². The topological polar surface area (TPSA) is 63.2 Å². The van der Waals surface area contributed by atoms with Crippen LogP contribution in [0.2, 0.25) is 0 Å². The van der Waals surface area contributed by atoms with Gasteiger partial charge in [-0.25, -0.2) is 13.1 Å². The number of nitrogens with one attached hydrogen (secondary N) is 1. The van der Waals surface area contributed by atoms with E-state index < -0.39 is 10.0 Å². The van der Waals surface area contributed by atoms with Gasteiger partial charge in [0.1, 0.15) is 0 Å². The van der Waals surface area contributed by atoms with Gasteiger partial charge in [0.15, 0.2) is 5.78 Å². The zero-order valence-corrected chi connectivity index (χ0v) is 14.0. The van der Waals surface area contributed by atoms with E-state index in [1.54, 1.807) is 12.1 Å². The second kappa shape index (κ2) is 7.71. The molecule has 0 saturated carbocycles. The smallest absolute Gasteiger partial charge is 0.240 e. The summed E-state index contributed by atoms with van der Waals surface area (Å²) in [4.78, 5) is 11.4. The summed E-state index contributed by atoms with van der Waals surface area (Å²) < 4.78 is 27.1. The monoisotopic (exact) mass is 311 g/mol. The van der Waals surface area contributed by atoms with E-state index in [1.165, 1.54) is 19.1 Å². The second-order valence-corrected chi connectivity index (χ2v) is 7.64. The Kier molecular flexibility index (Phi) is 6.55. The van der Waals surface area contributed by atoms with Crippen molar-refractivity contribution in [1.29, 1.82) is 0 Å². The highest BCUT2D eigenvalue weighted by Gasteiger charge is 2.17. The van der Waals surface area contributed by atoms with E-state index in [0.29, 0.717) is 11.5 Å². The molecule has 21 heavy (non-hydrogen) atoms. The zero-order valence-electron chi connectivity index (χ0n) is 13.2. The third-order valence-corrected chi connectivity index (χ3v) is 4.95. The maximum absolute atomic E-state index is 12.2. The van der Waals surface area contributed by atoms with Crippen molar-refractivity contribution in [1.82, 2.24) is 4.72 Å². The summed E-state index contributed by atoms with van der Waals surface area (Å²) in [5.74, 6) is 0.557. The first-order valence-electron chi connectivity index (χ1n) is 7.35. The summed E-state index contributed by atoms with van der Waals surface area (Å²) >= 11 is 0. The predicted molar refractivity (Wildman–Crippen MR) is 84.9 cm³/mol. The van der Waals surface area contributed by atoms with E-state index in [1.807, 2.05) is 6.92 Å². The van der Waals surface area contributed by atoms with Crippen molar-refractivity contribution in [2.45, 2.75) is 57.9 Å². The normalized spacial score (nSPS) is 13.4. The van der Waals surface area contributed by atoms with Crippen LogP contribution in [0.1, 0.15) is 57.3 Å². The highest BCUT2D eigenvalue weighted by Crippen LogP contribution is 2.14. The van der Waals surface area contributed by atoms with Crippen molar-refractivity contribution in [3.63, 3.8) is 0 Å². The van der Waals surface area contributed by atoms with Gasteiger partial charge in [-0.2, -0.15) is 0 Å². The highest BCUT2D eigenvalue weighted by atomic mass is 32.2. The second-order valence-electron chi connectivity index (χ2n) is 5.93. The van der Waals surface area contributed by atoms with Crippen LogP contribution in [-0.4, -0.2) is 20.2 Å². The van der Waals surface area contributed by atoms with Crippen LogP contribution in [0.5, 0.6) is 0 Å². The molecule has 0 unspecified atom stereocenters. The summed E-state index contributed by atoms with van der Waals surface area (Å²) in [5.41, 5.74) is 0.513. The molecule has 1 aromatic carbocycles. The SMILES string of the molecule is CC(=O)c1ccc(S(=O)(=O)N[C@H](C)CCCC(C)C)cc1. The Bertz CT molecular complexity index is 562. The fraction of sp³-hybridized carbons (Fsp3) is 0.562. The number of hydrogen-bond acceptors (Lipinski definition) is 3. The molecule has 0 aliphatic carbocycles. The molecule has 0 aliphatic rings. The molecule has 118 valence electrons. The number of rotatable bonds is 8. The van der Waals surface area contributed by atoms with E-state index in [-0.39, 0.29) is 16.7 Å². The first-order valence-corrected chi connectivity index (χ1v) is 8.84. The molecule has 1 N–H and O–H groups in total. The van der Waals surface area contributed by atoms with E-state index in [2.05, 4.69) is 18.6 Å². The third-order valence-electron chi connectivity index (χ3n) is 3.35. The molecule has 5 heteroatoms. The third kappa shape index (κ3) is 5.98. The first kappa shape index (κ1) is 17.9. The lowest BCUT2D eigenvalue weighted by Crippen LogP contribution is -2.32. The van der Waals surface area contributed by atoms with Crippen molar-refractivity contribution in [3.8, 4) is 0 Å². The van der Waals surface area contributed by atoms with E-state index in [0.717, 1.165) is 19.3 Å². The molecule has 4 nitrogen and oxygen atoms in total. The molecule has 1 atom stereocenters. The number of Topliss-reactive ketones (excluding diaryl/α,β-unsaturated/α-hetero) is 1. The molecule has 1 aromatic rings. The number of ketones is 1. The van der Waals surface area contributed by atoms with Crippen LogP contribution < -0.4 is 4.72 Å². The Labute approximate surface area is 128 Å². The Morgan fingerprint density at radius 2 is 1.67 bits per heavy atom. The first-order chi connectivity index (χ1) is 9.72. The van der Waals surface area contributed by atoms with Gasteiger partial charge >= 0.3 is 0 Å². The van der Waals surface area contributed by atoms with Gasteiger partial charge in [0, 0.05) is 11.6 Å². The number of sulfonamides is 1. The molecule has 0 aromatic heterocycles. The average Bonchev–Trinajstić information content (AvgIpc) is 2.37. The molecule has 0 heterocycles. The zero-order chi connectivity index (χ0) is 16.0. The minimum Gasteiger partial charge on any atom is -0.295 e.